The number of carbonyl (C=O) groups excluding carboxylic acids is 2. The highest BCUT2D eigenvalue weighted by Gasteiger charge is 2.27. The monoisotopic (exact) mass is 335 g/mol. The Bertz CT molecular complexity index is 765. The predicted octanol–water partition coefficient (Wildman–Crippen LogP) is 2.73. The predicted molar refractivity (Wildman–Crippen MR) is 84.8 cm³/mol. The van der Waals surface area contributed by atoms with Gasteiger partial charge in [-0.05, 0) is 19.9 Å². The summed E-state index contributed by atoms with van der Waals surface area (Å²) in [5.74, 6) is 1.32. The Kier molecular flexibility index (Phi) is 4.08. The first-order valence-corrected chi connectivity index (χ1v) is 7.99. The molecule has 0 spiro atoms. The van der Waals surface area contributed by atoms with E-state index in [2.05, 4.69) is 15.0 Å². The largest absolute Gasteiger partial charge is 0.466 e. The molecule has 0 radical (unpaired) electrons. The van der Waals surface area contributed by atoms with E-state index in [1.54, 1.807) is 17.9 Å². The maximum atomic E-state index is 12.6. The Labute approximate surface area is 137 Å². The summed E-state index contributed by atoms with van der Waals surface area (Å²) in [7, 11) is 1.30. The molecule has 1 aliphatic rings. The summed E-state index contributed by atoms with van der Waals surface area (Å²) in [4.78, 5) is 31.0. The second-order valence-corrected chi connectivity index (χ2v) is 6.39. The lowest BCUT2D eigenvalue weighted by atomic mass is 10.1. The van der Waals surface area contributed by atoms with Crippen molar-refractivity contribution >= 4 is 28.5 Å². The van der Waals surface area contributed by atoms with Gasteiger partial charge in [0, 0.05) is 17.8 Å². The summed E-state index contributed by atoms with van der Waals surface area (Å²) in [5, 5.41) is 3.06. The first-order chi connectivity index (χ1) is 11.0. The van der Waals surface area contributed by atoms with Crippen LogP contribution in [-0.2, 0) is 17.7 Å². The van der Waals surface area contributed by atoms with Gasteiger partial charge in [-0.3, -0.25) is 10.1 Å². The Hall–Kier alpha value is -2.35. The van der Waals surface area contributed by atoms with Gasteiger partial charge in [0.25, 0.3) is 5.91 Å². The summed E-state index contributed by atoms with van der Waals surface area (Å²) in [5.41, 5.74) is 1.52. The molecule has 1 aliphatic heterocycles. The van der Waals surface area contributed by atoms with E-state index in [4.69, 9.17) is 4.42 Å². The molecular formula is C15H17N3O4S. The SMILES string of the molecule is COC(=O)Nc1nc2c(s1)CN(C(=O)c1cc(C)oc1C)CC2. The molecule has 122 valence electrons. The Morgan fingerprint density at radius 2 is 2.22 bits per heavy atom. The topological polar surface area (TPSA) is 84.7 Å². The van der Waals surface area contributed by atoms with Crippen molar-refractivity contribution in [3.63, 3.8) is 0 Å². The third kappa shape index (κ3) is 3.07. The Balaban J connectivity index is 1.76. The fourth-order valence-corrected chi connectivity index (χ4v) is 3.58. The van der Waals surface area contributed by atoms with Gasteiger partial charge >= 0.3 is 6.09 Å². The minimum absolute atomic E-state index is 0.0409. The number of carbonyl (C=O) groups is 2. The van der Waals surface area contributed by atoms with Crippen molar-refractivity contribution in [2.24, 2.45) is 0 Å². The molecule has 0 saturated heterocycles. The zero-order chi connectivity index (χ0) is 16.6. The molecule has 8 heteroatoms. The number of rotatable bonds is 2. The lowest BCUT2D eigenvalue weighted by Crippen LogP contribution is -2.35. The van der Waals surface area contributed by atoms with E-state index in [1.165, 1.54) is 18.4 Å². The molecule has 0 aliphatic carbocycles. The summed E-state index contributed by atoms with van der Waals surface area (Å²) in [6.45, 7) is 4.70. The second-order valence-electron chi connectivity index (χ2n) is 5.31. The molecule has 2 aromatic rings. The summed E-state index contributed by atoms with van der Waals surface area (Å²) < 4.78 is 10.00. The average molecular weight is 335 g/mol. The number of anilines is 1. The van der Waals surface area contributed by atoms with Crippen molar-refractivity contribution in [1.82, 2.24) is 9.88 Å². The van der Waals surface area contributed by atoms with Crippen LogP contribution in [-0.4, -0.2) is 35.5 Å². The average Bonchev–Trinajstić information content (AvgIpc) is 3.07. The number of thiazole rings is 1. The third-order valence-corrected chi connectivity index (χ3v) is 4.68. The van der Waals surface area contributed by atoms with Crippen molar-refractivity contribution < 1.29 is 18.7 Å². The van der Waals surface area contributed by atoms with E-state index >= 15 is 0 Å². The molecule has 0 aromatic carbocycles. The minimum atomic E-state index is -0.548. The van der Waals surface area contributed by atoms with Gasteiger partial charge in [0.05, 0.1) is 24.9 Å². The normalized spacial score (nSPS) is 13.6. The van der Waals surface area contributed by atoms with Gasteiger partial charge in [0.1, 0.15) is 11.5 Å². The number of furan rings is 1. The third-order valence-electron chi connectivity index (χ3n) is 3.68. The maximum Gasteiger partial charge on any atom is 0.413 e. The van der Waals surface area contributed by atoms with Gasteiger partial charge in [-0.2, -0.15) is 0 Å². The van der Waals surface area contributed by atoms with E-state index in [-0.39, 0.29) is 5.91 Å². The van der Waals surface area contributed by atoms with Crippen LogP contribution in [0.25, 0.3) is 0 Å². The summed E-state index contributed by atoms with van der Waals surface area (Å²) in [6, 6.07) is 1.77. The number of amides is 2. The lowest BCUT2D eigenvalue weighted by molar-refractivity contribution is 0.0734. The summed E-state index contributed by atoms with van der Waals surface area (Å²) >= 11 is 1.36. The molecule has 0 fully saturated rings. The van der Waals surface area contributed by atoms with Gasteiger partial charge < -0.3 is 14.1 Å². The lowest BCUT2D eigenvalue weighted by Gasteiger charge is -2.25. The van der Waals surface area contributed by atoms with E-state index in [0.29, 0.717) is 36.0 Å². The highest BCUT2D eigenvalue weighted by molar-refractivity contribution is 7.15. The molecule has 0 unspecified atom stereocenters. The fraction of sp³-hybridized carbons (Fsp3) is 0.400. The van der Waals surface area contributed by atoms with E-state index < -0.39 is 6.09 Å². The van der Waals surface area contributed by atoms with E-state index in [9.17, 15) is 9.59 Å². The molecule has 7 nitrogen and oxygen atoms in total. The van der Waals surface area contributed by atoms with Crippen LogP contribution >= 0.6 is 11.3 Å². The number of aromatic nitrogens is 1. The molecule has 0 atom stereocenters. The maximum absolute atomic E-state index is 12.6. The number of nitrogens with zero attached hydrogens (tertiary/aromatic N) is 2. The molecule has 3 heterocycles. The van der Waals surface area contributed by atoms with Crippen molar-refractivity contribution in [3.8, 4) is 0 Å². The van der Waals surface area contributed by atoms with Crippen LogP contribution in [0, 0.1) is 13.8 Å². The van der Waals surface area contributed by atoms with E-state index in [0.717, 1.165) is 16.3 Å². The quantitative estimate of drug-likeness (QED) is 0.912. The number of nitrogens with one attached hydrogen (secondary N) is 1. The number of ether oxygens (including phenoxy) is 1. The minimum Gasteiger partial charge on any atom is -0.466 e. The number of fused-ring (bicyclic) bond motifs is 1. The zero-order valence-electron chi connectivity index (χ0n) is 13.1. The van der Waals surface area contributed by atoms with Crippen LogP contribution in [0.2, 0.25) is 0 Å². The van der Waals surface area contributed by atoms with Crippen molar-refractivity contribution in [1.29, 1.82) is 0 Å². The van der Waals surface area contributed by atoms with E-state index in [1.807, 2.05) is 6.92 Å². The van der Waals surface area contributed by atoms with Crippen LogP contribution in [0.4, 0.5) is 9.93 Å². The highest BCUT2D eigenvalue weighted by atomic mass is 32.1. The highest BCUT2D eigenvalue weighted by Crippen LogP contribution is 2.29. The number of aryl methyl sites for hydroxylation is 2. The van der Waals surface area contributed by atoms with Gasteiger partial charge in [0.15, 0.2) is 5.13 Å². The molecule has 0 bridgehead atoms. The van der Waals surface area contributed by atoms with Crippen LogP contribution in [0.5, 0.6) is 0 Å². The van der Waals surface area contributed by atoms with Gasteiger partial charge in [0.2, 0.25) is 0 Å². The molecule has 2 amide bonds. The molecule has 2 aromatic heterocycles. The molecule has 1 N–H and O–H groups in total. The standard InChI is InChI=1S/C15H17N3O4S/c1-8-6-10(9(2)22-8)13(19)18-5-4-11-12(7-18)23-14(16-11)17-15(20)21-3/h6H,4-5,7H2,1-3H3,(H,16,17,20). The van der Waals surface area contributed by atoms with Crippen molar-refractivity contribution in [3.05, 3.63) is 33.7 Å². The van der Waals surface area contributed by atoms with Gasteiger partial charge in [-0.15, -0.1) is 0 Å². The Morgan fingerprint density at radius 1 is 1.43 bits per heavy atom. The van der Waals surface area contributed by atoms with Crippen LogP contribution in [0.1, 0.15) is 32.4 Å². The molecule has 3 rings (SSSR count). The first kappa shape index (κ1) is 15.5. The van der Waals surface area contributed by atoms with Crippen molar-refractivity contribution in [2.75, 3.05) is 19.0 Å². The smallest absolute Gasteiger partial charge is 0.413 e. The fourth-order valence-electron chi connectivity index (χ4n) is 2.57. The number of hydrogen-bond acceptors (Lipinski definition) is 6. The Morgan fingerprint density at radius 3 is 2.87 bits per heavy atom. The van der Waals surface area contributed by atoms with Crippen LogP contribution in [0.3, 0.4) is 0 Å². The summed E-state index contributed by atoms with van der Waals surface area (Å²) in [6.07, 6.45) is 0.115. The molecular weight excluding hydrogens is 318 g/mol. The molecule has 0 saturated carbocycles. The van der Waals surface area contributed by atoms with Gasteiger partial charge in [-0.25, -0.2) is 9.78 Å². The number of methoxy groups -OCH3 is 1. The van der Waals surface area contributed by atoms with Gasteiger partial charge in [-0.1, -0.05) is 11.3 Å². The van der Waals surface area contributed by atoms with Crippen LogP contribution in [0.15, 0.2) is 10.5 Å². The number of hydrogen-bond donors (Lipinski definition) is 1. The molecule has 23 heavy (non-hydrogen) atoms. The second kappa shape index (κ2) is 6.04. The van der Waals surface area contributed by atoms with Crippen LogP contribution < -0.4 is 5.32 Å². The van der Waals surface area contributed by atoms with Crippen molar-refractivity contribution in [2.45, 2.75) is 26.8 Å². The first-order valence-electron chi connectivity index (χ1n) is 7.17. The zero-order valence-corrected chi connectivity index (χ0v) is 14.0.